The predicted octanol–water partition coefficient (Wildman–Crippen LogP) is 3.13. The Morgan fingerprint density at radius 3 is 2.77 bits per heavy atom. The molecule has 2 amide bonds. The van der Waals surface area contributed by atoms with E-state index >= 15 is 0 Å². The lowest BCUT2D eigenvalue weighted by atomic mass is 10.2. The Kier molecular flexibility index (Phi) is 11.5. The van der Waals surface area contributed by atoms with Crippen LogP contribution in [0.1, 0.15) is 38.7 Å². The third kappa shape index (κ3) is 8.81. The van der Waals surface area contributed by atoms with E-state index in [1.54, 1.807) is 32.4 Å². The van der Waals surface area contributed by atoms with Gasteiger partial charge in [-0.25, -0.2) is 4.98 Å². The molecule has 1 aromatic carbocycles. The zero-order chi connectivity index (χ0) is 28.9. The maximum Gasteiger partial charge on any atom is 0.246 e. The van der Waals surface area contributed by atoms with Gasteiger partial charge in [-0.15, -0.1) is 0 Å². The van der Waals surface area contributed by atoms with Gasteiger partial charge in [-0.1, -0.05) is 37.0 Å². The zero-order valence-corrected chi connectivity index (χ0v) is 23.9. The molecule has 11 heteroatoms. The molecule has 0 radical (unpaired) electrons. The molecule has 0 fully saturated rings. The van der Waals surface area contributed by atoms with Crippen LogP contribution in [-0.4, -0.2) is 88.6 Å². The number of hydrogen-bond acceptors (Lipinski definition) is 8. The third-order valence-corrected chi connectivity index (χ3v) is 6.09. The fraction of sp³-hybridized carbons (Fsp3) is 0.414. The molecule has 212 valence electrons. The Morgan fingerprint density at radius 1 is 1.18 bits per heavy atom. The Balaban J connectivity index is 1.52. The molecule has 0 saturated heterocycles. The Hall–Kier alpha value is -4.43. The van der Waals surface area contributed by atoms with Gasteiger partial charge in [-0.2, -0.15) is 10.1 Å². The number of para-hydroxylation sites is 1. The summed E-state index contributed by atoms with van der Waals surface area (Å²) < 4.78 is 0. The highest BCUT2D eigenvalue weighted by molar-refractivity contribution is 5.92. The van der Waals surface area contributed by atoms with E-state index in [-0.39, 0.29) is 11.8 Å². The van der Waals surface area contributed by atoms with Crippen LogP contribution in [0, 0.1) is 11.8 Å². The molecule has 40 heavy (non-hydrogen) atoms. The van der Waals surface area contributed by atoms with Crippen LogP contribution in [0.25, 0.3) is 10.9 Å². The molecule has 0 unspecified atom stereocenters. The first-order valence-corrected chi connectivity index (χ1v) is 13.4. The minimum Gasteiger partial charge on any atom is -0.369 e. The Labute approximate surface area is 235 Å². The van der Waals surface area contributed by atoms with Gasteiger partial charge >= 0.3 is 0 Å². The SMILES string of the molecule is CCCNc1nc(Nc2cccc3cn[nH]c23)ncc1C#CCCCNC(=O)[C@H](C)N(C)C(=O)/C=C/CN(C)C. The van der Waals surface area contributed by atoms with Gasteiger partial charge in [0.15, 0.2) is 0 Å². The van der Waals surface area contributed by atoms with Crippen LogP contribution in [0.5, 0.6) is 0 Å². The van der Waals surface area contributed by atoms with Crippen LogP contribution in [0.2, 0.25) is 0 Å². The number of unbranched alkanes of at least 4 members (excludes halogenated alkanes) is 1. The van der Waals surface area contributed by atoms with E-state index in [1.165, 1.54) is 11.0 Å². The van der Waals surface area contributed by atoms with Crippen molar-refractivity contribution in [1.82, 2.24) is 35.3 Å². The summed E-state index contributed by atoms with van der Waals surface area (Å²) in [6.07, 6.45) is 8.96. The number of H-pyrrole nitrogens is 1. The predicted molar refractivity (Wildman–Crippen MR) is 159 cm³/mol. The maximum absolute atomic E-state index is 12.5. The number of anilines is 3. The second kappa shape index (κ2) is 15.2. The van der Waals surface area contributed by atoms with Crippen molar-refractivity contribution in [2.24, 2.45) is 0 Å². The highest BCUT2D eigenvalue weighted by Crippen LogP contribution is 2.24. The maximum atomic E-state index is 12.5. The van der Waals surface area contributed by atoms with E-state index in [9.17, 15) is 9.59 Å². The van der Waals surface area contributed by atoms with Crippen LogP contribution in [0.3, 0.4) is 0 Å². The summed E-state index contributed by atoms with van der Waals surface area (Å²) in [5.41, 5.74) is 2.43. The van der Waals surface area contributed by atoms with Crippen LogP contribution in [0.4, 0.5) is 17.5 Å². The van der Waals surface area contributed by atoms with Gasteiger partial charge in [0.2, 0.25) is 17.8 Å². The van der Waals surface area contributed by atoms with Gasteiger partial charge < -0.3 is 25.8 Å². The fourth-order valence-electron chi connectivity index (χ4n) is 3.65. The van der Waals surface area contributed by atoms with Crippen molar-refractivity contribution in [3.05, 3.63) is 48.3 Å². The van der Waals surface area contributed by atoms with Gasteiger partial charge in [-0.3, -0.25) is 14.7 Å². The summed E-state index contributed by atoms with van der Waals surface area (Å²) in [5.74, 6) is 7.03. The van der Waals surface area contributed by atoms with Gasteiger partial charge in [0.1, 0.15) is 11.9 Å². The van der Waals surface area contributed by atoms with Crippen molar-refractivity contribution in [2.45, 2.75) is 39.2 Å². The molecular weight excluding hydrogens is 506 g/mol. The molecule has 0 saturated carbocycles. The first kappa shape index (κ1) is 30.1. The second-order valence-electron chi connectivity index (χ2n) is 9.63. The van der Waals surface area contributed by atoms with Crippen LogP contribution in [0.15, 0.2) is 42.7 Å². The molecule has 0 aliphatic rings. The molecular formula is C29H39N9O2. The van der Waals surface area contributed by atoms with Crippen molar-refractivity contribution in [3.8, 4) is 11.8 Å². The lowest BCUT2D eigenvalue weighted by Crippen LogP contribution is -2.45. The summed E-state index contributed by atoms with van der Waals surface area (Å²) in [5, 5.41) is 17.6. The third-order valence-electron chi connectivity index (χ3n) is 6.09. The van der Waals surface area contributed by atoms with E-state index in [0.717, 1.165) is 29.6 Å². The smallest absolute Gasteiger partial charge is 0.246 e. The molecule has 0 spiro atoms. The van der Waals surface area contributed by atoms with Gasteiger partial charge in [0.05, 0.1) is 29.2 Å². The second-order valence-corrected chi connectivity index (χ2v) is 9.63. The number of aromatic amines is 1. The van der Waals surface area contributed by atoms with Gasteiger partial charge in [0.25, 0.3) is 0 Å². The topological polar surface area (TPSA) is 131 Å². The summed E-state index contributed by atoms with van der Waals surface area (Å²) in [7, 11) is 5.48. The number of nitrogens with zero attached hydrogens (tertiary/aromatic N) is 5. The van der Waals surface area contributed by atoms with Crippen LogP contribution in [-0.2, 0) is 9.59 Å². The van der Waals surface area contributed by atoms with Crippen molar-refractivity contribution in [3.63, 3.8) is 0 Å². The Morgan fingerprint density at radius 2 is 2.00 bits per heavy atom. The number of aromatic nitrogens is 4. The average Bonchev–Trinajstić information content (AvgIpc) is 3.43. The standard InChI is InChI=1S/C29H39N9O2/c1-6-16-30-27-23(19-32-29(35-27)34-24-14-10-13-22-20-33-36-26(22)24)12-8-7-9-17-31-28(40)21(2)38(5)25(39)15-11-18-37(3)4/h10-11,13-15,19-21H,6-7,9,16-18H2,1-5H3,(H,31,40)(H,33,36)(H2,30,32,34,35)/b15-11+/t21-/m0/s1. The molecule has 0 bridgehead atoms. The lowest BCUT2D eigenvalue weighted by Gasteiger charge is -2.23. The quantitative estimate of drug-likeness (QED) is 0.146. The number of fused-ring (bicyclic) bond motifs is 1. The number of nitrogens with one attached hydrogen (secondary N) is 4. The fourth-order valence-corrected chi connectivity index (χ4v) is 3.65. The number of benzene rings is 1. The molecule has 1 atom stereocenters. The molecule has 11 nitrogen and oxygen atoms in total. The number of rotatable bonds is 13. The van der Waals surface area contributed by atoms with Crippen LogP contribution >= 0.6 is 0 Å². The molecule has 2 heterocycles. The number of carbonyl (C=O) groups excluding carboxylic acids is 2. The summed E-state index contributed by atoms with van der Waals surface area (Å²) >= 11 is 0. The van der Waals surface area contributed by atoms with E-state index in [2.05, 4.69) is 54.9 Å². The molecule has 4 N–H and O–H groups in total. The molecule has 2 aromatic heterocycles. The van der Waals surface area contributed by atoms with E-state index in [1.807, 2.05) is 37.2 Å². The van der Waals surface area contributed by atoms with E-state index < -0.39 is 6.04 Å². The first-order chi connectivity index (χ1) is 19.3. The normalized spacial score (nSPS) is 11.8. The number of hydrogen-bond donors (Lipinski definition) is 4. The molecule has 0 aliphatic carbocycles. The number of amides is 2. The summed E-state index contributed by atoms with van der Waals surface area (Å²) in [4.78, 5) is 37.2. The molecule has 3 rings (SSSR count). The van der Waals surface area contributed by atoms with Gasteiger partial charge in [0, 0.05) is 44.6 Å². The Bertz CT molecular complexity index is 1370. The van der Waals surface area contributed by atoms with Crippen LogP contribution < -0.4 is 16.0 Å². The van der Waals surface area contributed by atoms with Crippen molar-refractivity contribution >= 4 is 40.2 Å². The van der Waals surface area contributed by atoms with Gasteiger partial charge in [-0.05, 0) is 39.9 Å². The van der Waals surface area contributed by atoms with Crippen molar-refractivity contribution in [2.75, 3.05) is 51.4 Å². The monoisotopic (exact) mass is 545 g/mol. The number of likely N-dealkylation sites (N-methyl/N-ethyl adjacent to an activating group) is 2. The minimum atomic E-state index is -0.570. The lowest BCUT2D eigenvalue weighted by molar-refractivity contribution is -0.135. The summed E-state index contributed by atoms with van der Waals surface area (Å²) in [6, 6.07) is 5.30. The average molecular weight is 546 g/mol. The van der Waals surface area contributed by atoms with Crippen molar-refractivity contribution < 1.29 is 9.59 Å². The highest BCUT2D eigenvalue weighted by Gasteiger charge is 2.20. The van der Waals surface area contributed by atoms with Crippen molar-refractivity contribution in [1.29, 1.82) is 0 Å². The largest absolute Gasteiger partial charge is 0.369 e. The number of carbonyl (C=O) groups is 2. The highest BCUT2D eigenvalue weighted by atomic mass is 16.2. The van der Waals surface area contributed by atoms with E-state index in [0.29, 0.717) is 43.3 Å². The minimum absolute atomic E-state index is 0.196. The zero-order valence-electron chi connectivity index (χ0n) is 23.9. The van der Waals surface area contributed by atoms with E-state index in [4.69, 9.17) is 0 Å². The summed E-state index contributed by atoms with van der Waals surface area (Å²) in [6.45, 7) is 5.69. The first-order valence-electron chi connectivity index (χ1n) is 13.4. The molecule has 0 aliphatic heterocycles. The molecule has 3 aromatic rings.